The van der Waals surface area contributed by atoms with Crippen molar-refractivity contribution in [2.75, 3.05) is 19.7 Å². The first-order valence-electron chi connectivity index (χ1n) is 6.36. The molecular formula is C14H20N2O2. The fraction of sp³-hybridized carbons (Fsp3) is 0.500. The van der Waals surface area contributed by atoms with E-state index in [-0.39, 0.29) is 12.0 Å². The summed E-state index contributed by atoms with van der Waals surface area (Å²) >= 11 is 0. The van der Waals surface area contributed by atoms with Crippen molar-refractivity contribution in [3.05, 3.63) is 35.9 Å². The van der Waals surface area contributed by atoms with Crippen LogP contribution in [0.5, 0.6) is 0 Å². The van der Waals surface area contributed by atoms with Crippen LogP contribution in [0.15, 0.2) is 30.3 Å². The largest absolute Gasteiger partial charge is 0.374 e. The van der Waals surface area contributed by atoms with E-state index in [9.17, 15) is 4.79 Å². The van der Waals surface area contributed by atoms with Gasteiger partial charge < -0.3 is 15.4 Å². The molecule has 1 unspecified atom stereocenters. The lowest BCUT2D eigenvalue weighted by Crippen LogP contribution is -2.51. The van der Waals surface area contributed by atoms with Gasteiger partial charge in [0, 0.05) is 19.5 Å². The summed E-state index contributed by atoms with van der Waals surface area (Å²) in [6.07, 6.45) is 0.910. The zero-order valence-electron chi connectivity index (χ0n) is 10.7. The number of hydrogen-bond acceptors (Lipinski definition) is 3. The Labute approximate surface area is 108 Å². The highest BCUT2D eigenvalue weighted by atomic mass is 16.5. The maximum absolute atomic E-state index is 11.8. The molecule has 1 aliphatic heterocycles. The second kappa shape index (κ2) is 5.98. The van der Waals surface area contributed by atoms with Crippen molar-refractivity contribution in [1.29, 1.82) is 0 Å². The van der Waals surface area contributed by atoms with E-state index in [4.69, 9.17) is 10.5 Å². The number of hydrogen-bond donors (Lipinski definition) is 1. The number of ether oxygens (including phenoxy) is 1. The maximum Gasteiger partial charge on any atom is 0.239 e. The first-order valence-corrected chi connectivity index (χ1v) is 6.36. The number of carbonyl (C=O) groups is 1. The van der Waals surface area contributed by atoms with Crippen LogP contribution in [-0.2, 0) is 16.0 Å². The fourth-order valence-electron chi connectivity index (χ4n) is 2.21. The molecule has 0 spiro atoms. The van der Waals surface area contributed by atoms with Gasteiger partial charge in [-0.15, -0.1) is 0 Å². The highest BCUT2D eigenvalue weighted by Gasteiger charge is 2.25. The fourth-order valence-corrected chi connectivity index (χ4v) is 2.21. The standard InChI is InChI=1S/C14H20N2O2/c1-11(15)14(17)16-7-8-18-13(10-16)9-12-5-3-2-4-6-12/h2-6,11,13H,7-10,15H2,1H3/t11-,13?/m1/s1. The monoisotopic (exact) mass is 248 g/mol. The molecule has 1 aliphatic rings. The van der Waals surface area contributed by atoms with Crippen molar-refractivity contribution in [2.45, 2.75) is 25.5 Å². The minimum Gasteiger partial charge on any atom is -0.374 e. The number of nitrogens with two attached hydrogens (primary N) is 1. The second-order valence-corrected chi connectivity index (χ2v) is 4.76. The Morgan fingerprint density at radius 2 is 2.22 bits per heavy atom. The number of morpholine rings is 1. The van der Waals surface area contributed by atoms with E-state index in [1.807, 2.05) is 23.1 Å². The quantitative estimate of drug-likeness (QED) is 0.861. The molecule has 0 saturated carbocycles. The second-order valence-electron chi connectivity index (χ2n) is 4.76. The molecule has 2 atom stereocenters. The molecule has 4 heteroatoms. The van der Waals surface area contributed by atoms with Gasteiger partial charge in [0.05, 0.1) is 18.8 Å². The van der Waals surface area contributed by atoms with Crippen LogP contribution >= 0.6 is 0 Å². The third kappa shape index (κ3) is 3.31. The third-order valence-electron chi connectivity index (χ3n) is 3.15. The summed E-state index contributed by atoms with van der Waals surface area (Å²) < 4.78 is 5.71. The van der Waals surface area contributed by atoms with Crippen LogP contribution in [0, 0.1) is 0 Å². The number of nitrogens with zero attached hydrogens (tertiary/aromatic N) is 1. The molecule has 1 amide bonds. The normalized spacial score (nSPS) is 21.7. The van der Waals surface area contributed by atoms with E-state index in [0.29, 0.717) is 19.7 Å². The molecule has 2 rings (SSSR count). The van der Waals surface area contributed by atoms with Crippen LogP contribution in [-0.4, -0.2) is 42.6 Å². The topological polar surface area (TPSA) is 55.6 Å². The summed E-state index contributed by atoms with van der Waals surface area (Å²) in [5, 5.41) is 0. The molecule has 0 radical (unpaired) electrons. The molecule has 1 saturated heterocycles. The van der Waals surface area contributed by atoms with Crippen LogP contribution in [0.3, 0.4) is 0 Å². The average Bonchev–Trinajstić information content (AvgIpc) is 2.39. The summed E-state index contributed by atoms with van der Waals surface area (Å²) in [7, 11) is 0. The molecule has 0 aromatic heterocycles. The minimum absolute atomic E-state index is 0.0105. The van der Waals surface area contributed by atoms with Crippen molar-refractivity contribution in [3.8, 4) is 0 Å². The van der Waals surface area contributed by atoms with Gasteiger partial charge in [0.25, 0.3) is 0 Å². The van der Waals surface area contributed by atoms with Crippen molar-refractivity contribution in [1.82, 2.24) is 4.90 Å². The number of carbonyl (C=O) groups excluding carboxylic acids is 1. The van der Waals surface area contributed by atoms with Crippen LogP contribution in [0.25, 0.3) is 0 Å². The van der Waals surface area contributed by atoms with Gasteiger partial charge in [-0.25, -0.2) is 0 Å². The Balaban J connectivity index is 1.93. The molecule has 1 fully saturated rings. The highest BCUT2D eigenvalue weighted by molar-refractivity contribution is 5.81. The van der Waals surface area contributed by atoms with Gasteiger partial charge in [0.1, 0.15) is 0 Å². The predicted molar refractivity (Wildman–Crippen MR) is 70.1 cm³/mol. The minimum atomic E-state index is -0.430. The van der Waals surface area contributed by atoms with E-state index in [1.54, 1.807) is 6.92 Å². The van der Waals surface area contributed by atoms with E-state index < -0.39 is 6.04 Å². The Bertz CT molecular complexity index is 392. The molecule has 1 aromatic rings. The van der Waals surface area contributed by atoms with E-state index in [1.165, 1.54) is 5.56 Å². The van der Waals surface area contributed by atoms with E-state index >= 15 is 0 Å². The Morgan fingerprint density at radius 1 is 1.50 bits per heavy atom. The number of benzene rings is 1. The van der Waals surface area contributed by atoms with Crippen molar-refractivity contribution < 1.29 is 9.53 Å². The van der Waals surface area contributed by atoms with Crippen molar-refractivity contribution in [3.63, 3.8) is 0 Å². The summed E-state index contributed by atoms with van der Waals surface area (Å²) in [6, 6.07) is 9.76. The summed E-state index contributed by atoms with van der Waals surface area (Å²) in [6.45, 7) is 3.60. The summed E-state index contributed by atoms with van der Waals surface area (Å²) in [4.78, 5) is 13.6. The first kappa shape index (κ1) is 13.1. The van der Waals surface area contributed by atoms with Gasteiger partial charge in [-0.05, 0) is 12.5 Å². The first-order chi connectivity index (χ1) is 8.66. The van der Waals surface area contributed by atoms with Crippen LogP contribution < -0.4 is 5.73 Å². The lowest BCUT2D eigenvalue weighted by Gasteiger charge is -2.34. The molecule has 1 aromatic carbocycles. The van der Waals surface area contributed by atoms with Gasteiger partial charge in [-0.2, -0.15) is 0 Å². The predicted octanol–water partition coefficient (Wildman–Crippen LogP) is 0.804. The van der Waals surface area contributed by atoms with Crippen molar-refractivity contribution in [2.24, 2.45) is 5.73 Å². The maximum atomic E-state index is 11.8. The molecule has 2 N–H and O–H groups in total. The molecule has 0 bridgehead atoms. The molecule has 0 aliphatic carbocycles. The Hall–Kier alpha value is -1.39. The van der Waals surface area contributed by atoms with Crippen LogP contribution in [0.2, 0.25) is 0 Å². The lowest BCUT2D eigenvalue weighted by atomic mass is 10.1. The van der Waals surface area contributed by atoms with Gasteiger partial charge in [0.2, 0.25) is 5.91 Å². The van der Waals surface area contributed by atoms with Gasteiger partial charge in [0.15, 0.2) is 0 Å². The van der Waals surface area contributed by atoms with E-state index in [0.717, 1.165) is 6.42 Å². The third-order valence-corrected chi connectivity index (χ3v) is 3.15. The SMILES string of the molecule is C[C@@H](N)C(=O)N1CCOC(Cc2ccccc2)C1. The lowest BCUT2D eigenvalue weighted by molar-refractivity contribution is -0.139. The van der Waals surface area contributed by atoms with Gasteiger partial charge >= 0.3 is 0 Å². The number of rotatable bonds is 3. The van der Waals surface area contributed by atoms with Gasteiger partial charge in [-0.1, -0.05) is 30.3 Å². The Morgan fingerprint density at radius 3 is 2.89 bits per heavy atom. The molecule has 1 heterocycles. The van der Waals surface area contributed by atoms with Crippen molar-refractivity contribution >= 4 is 5.91 Å². The van der Waals surface area contributed by atoms with Crippen LogP contribution in [0.4, 0.5) is 0 Å². The smallest absolute Gasteiger partial charge is 0.239 e. The summed E-state index contributed by atoms with van der Waals surface area (Å²) in [5.41, 5.74) is 6.87. The van der Waals surface area contributed by atoms with E-state index in [2.05, 4.69) is 12.1 Å². The average molecular weight is 248 g/mol. The molecule has 18 heavy (non-hydrogen) atoms. The zero-order chi connectivity index (χ0) is 13.0. The van der Waals surface area contributed by atoms with Crippen LogP contribution in [0.1, 0.15) is 12.5 Å². The molecular weight excluding hydrogens is 228 g/mol. The summed E-state index contributed by atoms with van der Waals surface area (Å²) in [5.74, 6) is 0.0105. The zero-order valence-corrected chi connectivity index (χ0v) is 10.7. The molecule has 98 valence electrons. The number of amides is 1. The Kier molecular flexibility index (Phi) is 4.33. The molecule has 4 nitrogen and oxygen atoms in total. The van der Waals surface area contributed by atoms with Gasteiger partial charge in [-0.3, -0.25) is 4.79 Å². The highest BCUT2D eigenvalue weighted by Crippen LogP contribution is 2.12.